The third kappa shape index (κ3) is 3.56. The Morgan fingerprint density at radius 2 is 1.97 bits per heavy atom. The van der Waals surface area contributed by atoms with Gasteiger partial charge in [0.25, 0.3) is 0 Å². The van der Waals surface area contributed by atoms with E-state index in [9.17, 15) is 0 Å². The maximum absolute atomic E-state index is 6.06. The highest BCUT2D eigenvalue weighted by Crippen LogP contribution is 2.32. The normalized spacial score (nSPS) is 14.6. The zero-order valence-electron chi connectivity index (χ0n) is 16.1. The molecule has 1 fully saturated rings. The van der Waals surface area contributed by atoms with Gasteiger partial charge in [-0.3, -0.25) is 0 Å². The highest BCUT2D eigenvalue weighted by atomic mass is 79.9. The molecule has 0 spiro atoms. The minimum Gasteiger partial charge on any atom is -0.456 e. The number of furan rings is 1. The summed E-state index contributed by atoms with van der Waals surface area (Å²) < 4.78 is 13.4. The zero-order valence-corrected chi connectivity index (χ0v) is 17.7. The van der Waals surface area contributed by atoms with Gasteiger partial charge in [0.15, 0.2) is 11.4 Å². The molecule has 0 amide bonds. The van der Waals surface area contributed by atoms with Crippen LogP contribution in [0, 0.1) is 6.92 Å². The smallest absolute Gasteiger partial charge is 0.176 e. The fraction of sp³-hybridized carbons (Fsp3) is 0.273. The number of morpholine rings is 1. The lowest BCUT2D eigenvalue weighted by Gasteiger charge is -2.28. The van der Waals surface area contributed by atoms with Gasteiger partial charge in [0, 0.05) is 37.0 Å². The van der Waals surface area contributed by atoms with Crippen molar-refractivity contribution in [1.29, 1.82) is 0 Å². The maximum atomic E-state index is 6.06. The van der Waals surface area contributed by atoms with Crippen molar-refractivity contribution in [3.8, 4) is 17.1 Å². The highest BCUT2D eigenvalue weighted by Gasteiger charge is 2.20. The van der Waals surface area contributed by atoms with Gasteiger partial charge in [0.05, 0.1) is 29.9 Å². The highest BCUT2D eigenvalue weighted by molar-refractivity contribution is 9.08. The van der Waals surface area contributed by atoms with E-state index in [1.165, 1.54) is 5.56 Å². The number of aromatic nitrogens is 3. The second-order valence-electron chi connectivity index (χ2n) is 7.17. The number of anilines is 1. The average Bonchev–Trinajstić information content (AvgIpc) is 3.41. The van der Waals surface area contributed by atoms with Crippen LogP contribution in [-0.4, -0.2) is 41.1 Å². The molecule has 1 aromatic carbocycles. The summed E-state index contributed by atoms with van der Waals surface area (Å²) in [6.45, 7) is 5.17. The molecule has 0 unspecified atom stereocenters. The summed E-state index contributed by atoms with van der Waals surface area (Å²) in [5.41, 5.74) is 5.93. The molecule has 1 saturated heterocycles. The largest absolute Gasteiger partial charge is 0.456 e. The summed E-state index contributed by atoms with van der Waals surface area (Å²) in [5, 5.41) is 5.44. The molecule has 4 aromatic rings. The van der Waals surface area contributed by atoms with Crippen LogP contribution in [0.15, 0.2) is 53.1 Å². The molecule has 4 heterocycles. The number of halogens is 1. The number of alkyl halides is 1. The summed E-state index contributed by atoms with van der Waals surface area (Å²) in [4.78, 5) is 7.12. The predicted molar refractivity (Wildman–Crippen MR) is 117 cm³/mol. The summed E-state index contributed by atoms with van der Waals surface area (Å²) in [6.07, 6.45) is 1.96. The van der Waals surface area contributed by atoms with Crippen molar-refractivity contribution in [2.24, 2.45) is 0 Å². The predicted octanol–water partition coefficient (Wildman–Crippen LogP) is 4.72. The Labute approximate surface area is 177 Å². The van der Waals surface area contributed by atoms with Gasteiger partial charge < -0.3 is 14.1 Å². The van der Waals surface area contributed by atoms with Gasteiger partial charge in [-0.1, -0.05) is 39.7 Å². The van der Waals surface area contributed by atoms with Gasteiger partial charge in [-0.25, -0.2) is 9.67 Å². The molecule has 7 heteroatoms. The van der Waals surface area contributed by atoms with Crippen LogP contribution in [-0.2, 0) is 10.1 Å². The fourth-order valence-corrected chi connectivity index (χ4v) is 3.95. The summed E-state index contributed by atoms with van der Waals surface area (Å²) in [6, 6.07) is 14.4. The van der Waals surface area contributed by atoms with E-state index in [2.05, 4.69) is 58.1 Å². The molecule has 5 rings (SSSR count). The topological polar surface area (TPSA) is 56.3 Å². The molecular weight excluding hydrogens is 432 g/mol. The minimum absolute atomic E-state index is 0.653. The number of aryl methyl sites for hydroxylation is 1. The lowest BCUT2D eigenvalue weighted by atomic mass is 10.1. The second kappa shape index (κ2) is 7.65. The Morgan fingerprint density at radius 3 is 2.76 bits per heavy atom. The molecule has 148 valence electrons. The van der Waals surface area contributed by atoms with E-state index in [4.69, 9.17) is 19.2 Å². The molecule has 0 saturated carbocycles. The lowest BCUT2D eigenvalue weighted by Crippen LogP contribution is -2.36. The lowest BCUT2D eigenvalue weighted by molar-refractivity contribution is 0.122. The van der Waals surface area contributed by atoms with Crippen LogP contribution in [0.2, 0.25) is 0 Å². The Hall–Kier alpha value is -2.64. The number of pyridine rings is 1. The number of hydrogen-bond acceptors (Lipinski definition) is 5. The molecule has 1 aliphatic rings. The van der Waals surface area contributed by atoms with Gasteiger partial charge in [-0.05, 0) is 19.1 Å². The molecule has 6 nitrogen and oxygen atoms in total. The quantitative estimate of drug-likeness (QED) is 0.419. The average molecular weight is 453 g/mol. The number of rotatable bonds is 4. The number of hydrogen-bond donors (Lipinski definition) is 0. The molecule has 1 aliphatic heterocycles. The van der Waals surface area contributed by atoms with Crippen molar-refractivity contribution in [2.75, 3.05) is 31.2 Å². The monoisotopic (exact) mass is 452 g/mol. The molecule has 29 heavy (non-hydrogen) atoms. The van der Waals surface area contributed by atoms with Gasteiger partial charge in [-0.2, -0.15) is 5.10 Å². The summed E-state index contributed by atoms with van der Waals surface area (Å²) in [5.74, 6) is 1.64. The Morgan fingerprint density at radius 1 is 1.10 bits per heavy atom. The first-order valence-corrected chi connectivity index (χ1v) is 10.8. The molecule has 3 aromatic heterocycles. The van der Waals surface area contributed by atoms with Crippen molar-refractivity contribution in [2.45, 2.75) is 12.3 Å². The van der Waals surface area contributed by atoms with Gasteiger partial charge in [0.1, 0.15) is 11.3 Å². The first-order valence-electron chi connectivity index (χ1n) is 9.66. The Bertz CT molecular complexity index is 1160. The number of ether oxygens (including phenoxy) is 1. The van der Waals surface area contributed by atoms with Crippen molar-refractivity contribution in [3.05, 3.63) is 60.0 Å². The number of nitrogens with zero attached hydrogens (tertiary/aromatic N) is 4. The SMILES string of the molecule is Cc1cccc(-c2ccn(-c3cc(N4CCOCC4)c4oc(CBr)cc4n3)n2)c1. The van der Waals surface area contributed by atoms with Crippen molar-refractivity contribution in [1.82, 2.24) is 14.8 Å². The van der Waals surface area contributed by atoms with Crippen LogP contribution in [0.4, 0.5) is 5.69 Å². The molecule has 0 radical (unpaired) electrons. The van der Waals surface area contributed by atoms with Crippen molar-refractivity contribution in [3.63, 3.8) is 0 Å². The summed E-state index contributed by atoms with van der Waals surface area (Å²) in [7, 11) is 0. The standard InChI is InChI=1S/C22H21BrN4O2/c1-15-3-2-4-16(11-15)18-5-6-27(25-18)21-13-20(26-7-9-28-10-8-26)22-19(24-21)12-17(14-23)29-22/h2-6,11-13H,7-10,14H2,1H3. The van der Waals surface area contributed by atoms with Gasteiger partial charge >= 0.3 is 0 Å². The van der Waals surface area contributed by atoms with Crippen LogP contribution >= 0.6 is 15.9 Å². The minimum atomic E-state index is 0.653. The zero-order chi connectivity index (χ0) is 19.8. The first kappa shape index (κ1) is 18.4. The third-order valence-corrected chi connectivity index (χ3v) is 5.67. The van der Waals surface area contributed by atoms with Crippen LogP contribution in [0.5, 0.6) is 0 Å². The molecule has 0 atom stereocenters. The van der Waals surface area contributed by atoms with Gasteiger partial charge in [0.2, 0.25) is 0 Å². The Kier molecular flexibility index (Phi) is 4.85. The molecule has 0 aliphatic carbocycles. The van der Waals surface area contributed by atoms with Crippen LogP contribution < -0.4 is 4.90 Å². The van der Waals surface area contributed by atoms with Crippen molar-refractivity contribution >= 4 is 32.7 Å². The Balaban J connectivity index is 1.60. The van der Waals surface area contributed by atoms with E-state index >= 15 is 0 Å². The van der Waals surface area contributed by atoms with E-state index in [-0.39, 0.29) is 0 Å². The second-order valence-corrected chi connectivity index (χ2v) is 7.74. The van der Waals surface area contributed by atoms with E-state index < -0.39 is 0 Å². The van der Waals surface area contributed by atoms with Crippen molar-refractivity contribution < 1.29 is 9.15 Å². The van der Waals surface area contributed by atoms with Crippen LogP contribution in [0.3, 0.4) is 0 Å². The number of benzene rings is 1. The van der Waals surface area contributed by atoms with E-state index in [1.807, 2.05) is 23.0 Å². The van der Waals surface area contributed by atoms with Gasteiger partial charge in [-0.15, -0.1) is 0 Å². The number of fused-ring (bicyclic) bond motifs is 1. The van der Waals surface area contributed by atoms with E-state index in [1.54, 1.807) is 0 Å². The first-order chi connectivity index (χ1) is 14.2. The molecule has 0 bridgehead atoms. The van der Waals surface area contributed by atoms with E-state index in [0.717, 1.165) is 52.7 Å². The maximum Gasteiger partial charge on any atom is 0.176 e. The fourth-order valence-electron chi connectivity index (χ4n) is 3.67. The van der Waals surface area contributed by atoms with E-state index in [0.29, 0.717) is 18.5 Å². The third-order valence-electron chi connectivity index (χ3n) is 5.12. The summed E-state index contributed by atoms with van der Waals surface area (Å²) >= 11 is 3.48. The molecule has 0 N–H and O–H groups in total. The van der Waals surface area contributed by atoms with Crippen LogP contribution in [0.1, 0.15) is 11.3 Å². The molecular formula is C22H21BrN4O2. The van der Waals surface area contributed by atoms with Crippen LogP contribution in [0.25, 0.3) is 28.2 Å².